The van der Waals surface area contributed by atoms with Crippen LogP contribution in [-0.2, 0) is 23.7 Å². The highest BCUT2D eigenvalue weighted by molar-refractivity contribution is 5.01. The fourth-order valence-electron chi connectivity index (χ4n) is 3.72. The summed E-state index contributed by atoms with van der Waals surface area (Å²) < 4.78 is 31.2. The quantitative estimate of drug-likeness (QED) is 0.473. The summed E-state index contributed by atoms with van der Waals surface area (Å²) in [7, 11) is 0. The third kappa shape index (κ3) is 6.16. The average molecular weight is 373 g/mol. The van der Waals surface area contributed by atoms with Gasteiger partial charge in [0.2, 0.25) is 0 Å². The maximum absolute atomic E-state index is 6.26. The molecular weight excluding hydrogens is 332 g/mol. The Morgan fingerprint density at radius 1 is 0.731 bits per heavy atom. The van der Waals surface area contributed by atoms with Crippen LogP contribution in [-0.4, -0.2) is 56.1 Å². The van der Waals surface area contributed by atoms with Crippen molar-refractivity contribution in [2.75, 3.05) is 19.8 Å². The first-order valence-corrected chi connectivity index (χ1v) is 10.7. The van der Waals surface area contributed by atoms with Crippen LogP contribution >= 0.6 is 0 Å². The zero-order valence-electron chi connectivity index (χ0n) is 17.5. The van der Waals surface area contributed by atoms with Crippen molar-refractivity contribution in [1.82, 2.24) is 0 Å². The number of hydrogen-bond donors (Lipinski definition) is 0. The predicted octanol–water partition coefficient (Wildman–Crippen LogP) is 4.47. The van der Waals surface area contributed by atoms with E-state index >= 15 is 0 Å². The molecule has 5 heteroatoms. The minimum Gasteiger partial charge on any atom is -0.375 e. The molecule has 2 aliphatic rings. The largest absolute Gasteiger partial charge is 0.375 e. The number of ether oxygens (including phenoxy) is 5. The van der Waals surface area contributed by atoms with Crippen LogP contribution in [0.1, 0.15) is 79.6 Å². The molecule has 0 amide bonds. The number of rotatable bonds is 12. The van der Waals surface area contributed by atoms with Gasteiger partial charge in [-0.15, -0.1) is 0 Å². The zero-order valence-corrected chi connectivity index (χ0v) is 17.5. The molecule has 0 spiro atoms. The van der Waals surface area contributed by atoms with Crippen molar-refractivity contribution in [2.24, 2.45) is 0 Å². The molecule has 0 N–H and O–H groups in total. The highest BCUT2D eigenvalue weighted by atomic mass is 16.8. The van der Waals surface area contributed by atoms with Crippen molar-refractivity contribution in [1.29, 1.82) is 0 Å². The molecule has 2 fully saturated rings. The summed E-state index contributed by atoms with van der Waals surface area (Å²) >= 11 is 0. The van der Waals surface area contributed by atoms with Gasteiger partial charge in [0.05, 0.1) is 12.2 Å². The van der Waals surface area contributed by atoms with Crippen molar-refractivity contribution >= 4 is 0 Å². The Morgan fingerprint density at radius 3 is 1.81 bits per heavy atom. The maximum Gasteiger partial charge on any atom is 0.164 e. The molecule has 0 bridgehead atoms. The van der Waals surface area contributed by atoms with Crippen molar-refractivity contribution in [3.63, 3.8) is 0 Å². The Kier molecular flexibility index (Phi) is 9.31. The van der Waals surface area contributed by atoms with Gasteiger partial charge in [-0.05, 0) is 33.1 Å². The lowest BCUT2D eigenvalue weighted by Gasteiger charge is -2.41. The second-order valence-corrected chi connectivity index (χ2v) is 8.02. The van der Waals surface area contributed by atoms with Gasteiger partial charge in [0.1, 0.15) is 18.3 Å². The van der Waals surface area contributed by atoms with E-state index in [2.05, 4.69) is 20.8 Å². The van der Waals surface area contributed by atoms with E-state index < -0.39 is 5.79 Å². The van der Waals surface area contributed by atoms with Crippen LogP contribution in [0.2, 0.25) is 0 Å². The van der Waals surface area contributed by atoms with Gasteiger partial charge < -0.3 is 23.7 Å². The fraction of sp³-hybridized carbons (Fsp3) is 1.00. The molecule has 1 aliphatic heterocycles. The second-order valence-electron chi connectivity index (χ2n) is 8.02. The van der Waals surface area contributed by atoms with Gasteiger partial charge in [0, 0.05) is 26.2 Å². The first-order valence-electron chi connectivity index (χ1n) is 10.7. The minimum atomic E-state index is -0.605. The number of unbranched alkanes of at least 4 members (excludes halogenated alkanes) is 3. The van der Waals surface area contributed by atoms with Gasteiger partial charge in [-0.2, -0.15) is 0 Å². The Bertz CT molecular complexity index is 387. The minimum absolute atomic E-state index is 0.00350. The lowest BCUT2D eigenvalue weighted by atomic mass is 9.86. The van der Waals surface area contributed by atoms with E-state index in [1.54, 1.807) is 0 Å². The summed E-state index contributed by atoms with van der Waals surface area (Å²) in [5.41, 5.74) is 0. The maximum atomic E-state index is 6.26. The average Bonchev–Trinajstić information content (AvgIpc) is 2.93. The molecule has 2 rings (SSSR count). The molecule has 0 aromatic carbocycles. The van der Waals surface area contributed by atoms with Crippen LogP contribution < -0.4 is 0 Å². The standard InChI is InChI=1S/C21H40O5/c1-6-9-12-22-16-15-17(23-13-10-7-2)19-20(26-21(4,5)25-19)18(16)24-14-11-8-3/h16-20H,6-15H2,1-5H3/t16-,17?,18?,19-,20+/m0/s1. The van der Waals surface area contributed by atoms with Crippen molar-refractivity contribution in [2.45, 2.75) is 116 Å². The summed E-state index contributed by atoms with van der Waals surface area (Å²) in [6.45, 7) is 12.8. The Balaban J connectivity index is 2.09. The van der Waals surface area contributed by atoms with Crippen LogP contribution in [0.3, 0.4) is 0 Å². The first-order chi connectivity index (χ1) is 12.5. The van der Waals surface area contributed by atoms with Crippen LogP contribution in [0.25, 0.3) is 0 Å². The lowest BCUT2D eigenvalue weighted by Crippen LogP contribution is -2.57. The second kappa shape index (κ2) is 11.0. The summed E-state index contributed by atoms with van der Waals surface area (Å²) in [5, 5.41) is 0. The molecule has 1 aliphatic carbocycles. The molecule has 2 unspecified atom stereocenters. The van der Waals surface area contributed by atoms with E-state index in [1.165, 1.54) is 0 Å². The number of fused-ring (bicyclic) bond motifs is 1. The SMILES string of the molecule is CCCCOC1[C@@H](OCCCC)CC(OCCCC)[C@@H]2OC(C)(C)O[C@H]12. The smallest absolute Gasteiger partial charge is 0.164 e. The molecule has 0 radical (unpaired) electrons. The summed E-state index contributed by atoms with van der Waals surface area (Å²) in [6.07, 6.45) is 7.08. The Labute approximate surface area is 160 Å². The van der Waals surface area contributed by atoms with E-state index in [0.29, 0.717) is 0 Å². The van der Waals surface area contributed by atoms with Crippen LogP contribution in [0.5, 0.6) is 0 Å². The van der Waals surface area contributed by atoms with Crippen molar-refractivity contribution in [3.8, 4) is 0 Å². The Morgan fingerprint density at radius 2 is 1.23 bits per heavy atom. The number of hydrogen-bond acceptors (Lipinski definition) is 5. The summed E-state index contributed by atoms with van der Waals surface area (Å²) in [5.74, 6) is -0.605. The first kappa shape index (κ1) is 22.1. The monoisotopic (exact) mass is 372 g/mol. The van der Waals surface area contributed by atoms with Crippen LogP contribution in [0.15, 0.2) is 0 Å². The predicted molar refractivity (Wildman–Crippen MR) is 102 cm³/mol. The molecule has 26 heavy (non-hydrogen) atoms. The van der Waals surface area contributed by atoms with Crippen LogP contribution in [0.4, 0.5) is 0 Å². The molecule has 0 aromatic rings. The molecule has 5 atom stereocenters. The topological polar surface area (TPSA) is 46.2 Å². The van der Waals surface area contributed by atoms with Crippen molar-refractivity contribution in [3.05, 3.63) is 0 Å². The summed E-state index contributed by atoms with van der Waals surface area (Å²) in [4.78, 5) is 0. The van der Waals surface area contributed by atoms with E-state index in [1.807, 2.05) is 13.8 Å². The van der Waals surface area contributed by atoms with E-state index in [-0.39, 0.29) is 30.5 Å². The fourth-order valence-corrected chi connectivity index (χ4v) is 3.72. The normalized spacial score (nSPS) is 33.3. The van der Waals surface area contributed by atoms with Gasteiger partial charge in [0.25, 0.3) is 0 Å². The van der Waals surface area contributed by atoms with E-state index in [0.717, 1.165) is 64.8 Å². The zero-order chi connectivity index (χ0) is 19.0. The van der Waals surface area contributed by atoms with Gasteiger partial charge in [-0.1, -0.05) is 40.0 Å². The molecule has 1 heterocycles. The molecule has 5 nitrogen and oxygen atoms in total. The molecule has 0 aromatic heterocycles. The Hall–Kier alpha value is -0.200. The van der Waals surface area contributed by atoms with Crippen LogP contribution in [0, 0.1) is 0 Å². The van der Waals surface area contributed by atoms with Gasteiger partial charge in [-0.25, -0.2) is 0 Å². The van der Waals surface area contributed by atoms with Crippen molar-refractivity contribution < 1.29 is 23.7 Å². The summed E-state index contributed by atoms with van der Waals surface area (Å²) in [6, 6.07) is 0. The highest BCUT2D eigenvalue weighted by Crippen LogP contribution is 2.40. The van der Waals surface area contributed by atoms with Gasteiger partial charge >= 0.3 is 0 Å². The van der Waals surface area contributed by atoms with E-state index in [9.17, 15) is 0 Å². The molecule has 1 saturated carbocycles. The van der Waals surface area contributed by atoms with Gasteiger partial charge in [0.15, 0.2) is 5.79 Å². The molecular formula is C21H40O5. The van der Waals surface area contributed by atoms with Gasteiger partial charge in [-0.3, -0.25) is 0 Å². The molecule has 154 valence electrons. The molecule has 1 saturated heterocycles. The third-order valence-electron chi connectivity index (χ3n) is 5.15. The lowest BCUT2D eigenvalue weighted by molar-refractivity contribution is -0.186. The highest BCUT2D eigenvalue weighted by Gasteiger charge is 2.55. The van der Waals surface area contributed by atoms with E-state index in [4.69, 9.17) is 23.7 Å². The third-order valence-corrected chi connectivity index (χ3v) is 5.15.